The number of hydrogen-bond acceptors (Lipinski definition) is 4. The predicted molar refractivity (Wildman–Crippen MR) is 74.5 cm³/mol. The highest BCUT2D eigenvalue weighted by Gasteiger charge is 2.83. The van der Waals surface area contributed by atoms with Gasteiger partial charge in [-0.1, -0.05) is 13.8 Å². The van der Waals surface area contributed by atoms with Gasteiger partial charge in [-0.2, -0.15) is 39.5 Å². The van der Waals surface area contributed by atoms with Gasteiger partial charge in [0.25, 0.3) is 0 Å². The van der Waals surface area contributed by atoms with Gasteiger partial charge in [-0.15, -0.1) is 0 Å². The van der Waals surface area contributed by atoms with E-state index in [0.29, 0.717) is 5.78 Å². The highest BCUT2D eigenvalue weighted by atomic mass is 32.2. The molecule has 0 aromatic carbocycles. The van der Waals surface area contributed by atoms with Crippen molar-refractivity contribution in [2.24, 2.45) is 5.92 Å². The SMILES string of the molecule is CC(C)C(=O)C[S+](C)C.O=S(=O)([O-])C(F)(F)C(F)(F)C(F)(F)C(F)(F)F. The van der Waals surface area contributed by atoms with Crippen molar-refractivity contribution in [3.05, 3.63) is 0 Å². The predicted octanol–water partition coefficient (Wildman–Crippen LogP) is 3.05. The van der Waals surface area contributed by atoms with Crippen LogP contribution in [0.5, 0.6) is 0 Å². The lowest BCUT2D eigenvalue weighted by atomic mass is 10.1. The Kier molecular flexibility index (Phi) is 9.04. The number of halogens is 9. The molecule has 0 aliphatic carbocycles. The van der Waals surface area contributed by atoms with Crippen molar-refractivity contribution >= 4 is 26.8 Å². The monoisotopic (exact) mass is 446 g/mol. The van der Waals surface area contributed by atoms with E-state index < -0.39 is 33.4 Å². The normalized spacial score (nSPS) is 14.3. The molecule has 0 heterocycles. The molecule has 0 unspecified atom stereocenters. The lowest BCUT2D eigenvalue weighted by Gasteiger charge is -2.34. The molecule has 0 aromatic heterocycles. The number of Topliss-reactive ketones (excluding diaryl/α,β-unsaturated/α-hetero) is 1. The summed E-state index contributed by atoms with van der Waals surface area (Å²) < 4.78 is 135. The van der Waals surface area contributed by atoms with Gasteiger partial charge < -0.3 is 4.55 Å². The smallest absolute Gasteiger partial charge is 0.460 e. The first-order valence-electron chi connectivity index (χ1n) is 6.26. The molecule has 0 atom stereocenters. The second-order valence-electron chi connectivity index (χ2n) is 5.37. The summed E-state index contributed by atoms with van der Waals surface area (Å²) in [4.78, 5) is 11.0. The highest BCUT2D eigenvalue weighted by molar-refractivity contribution is 7.96. The molecule has 0 amide bonds. The van der Waals surface area contributed by atoms with E-state index in [-0.39, 0.29) is 16.8 Å². The Bertz CT molecular complexity index is 583. The number of hydrogen-bond donors (Lipinski definition) is 0. The minimum absolute atomic E-state index is 0.222. The van der Waals surface area contributed by atoms with Crippen molar-refractivity contribution in [1.29, 1.82) is 0 Å². The van der Waals surface area contributed by atoms with Crippen LogP contribution in [0.1, 0.15) is 13.8 Å². The van der Waals surface area contributed by atoms with Crippen LogP contribution in [0, 0.1) is 5.92 Å². The first-order chi connectivity index (χ1) is 11.0. The van der Waals surface area contributed by atoms with Gasteiger partial charge in [0, 0.05) is 5.92 Å². The first kappa shape index (κ1) is 27.5. The summed E-state index contributed by atoms with van der Waals surface area (Å²) in [6.07, 6.45) is -2.97. The summed E-state index contributed by atoms with van der Waals surface area (Å²) in [7, 11) is -7.13. The maximum atomic E-state index is 12.2. The number of alkyl halides is 9. The molecule has 0 radical (unpaired) electrons. The van der Waals surface area contributed by atoms with Crippen molar-refractivity contribution in [2.45, 2.75) is 37.1 Å². The van der Waals surface area contributed by atoms with Gasteiger partial charge in [-0.25, -0.2) is 8.42 Å². The fourth-order valence-electron chi connectivity index (χ4n) is 0.969. The van der Waals surface area contributed by atoms with Crippen LogP contribution < -0.4 is 0 Å². The Morgan fingerprint density at radius 1 is 0.923 bits per heavy atom. The molecule has 158 valence electrons. The highest BCUT2D eigenvalue weighted by Crippen LogP contribution is 2.54. The summed E-state index contributed by atoms with van der Waals surface area (Å²) in [6.45, 7) is 3.91. The van der Waals surface area contributed by atoms with Crippen molar-refractivity contribution in [3.8, 4) is 0 Å². The molecule has 0 saturated heterocycles. The third kappa shape index (κ3) is 6.18. The van der Waals surface area contributed by atoms with Crippen LogP contribution in [0.15, 0.2) is 0 Å². The van der Waals surface area contributed by atoms with E-state index in [9.17, 15) is 57.3 Å². The zero-order valence-corrected chi connectivity index (χ0v) is 15.3. The van der Waals surface area contributed by atoms with Gasteiger partial charge in [0.05, 0.1) is 12.5 Å². The molecule has 0 aliphatic heterocycles. The van der Waals surface area contributed by atoms with Crippen molar-refractivity contribution in [1.82, 2.24) is 0 Å². The Balaban J connectivity index is 0. The standard InChI is InChI=1S/C7H15OS.C4HF9O3S/c1-6(2)7(8)5-9(3)4;5-1(6,3(9,10)11)2(7,8)4(12,13)17(14,15)16/h6H,5H2,1-4H3;(H,14,15,16)/q+1;/p-1. The molecule has 0 fully saturated rings. The summed E-state index contributed by atoms with van der Waals surface area (Å²) in [6, 6.07) is 0. The minimum Gasteiger partial charge on any atom is -0.743 e. The molecule has 4 nitrogen and oxygen atoms in total. The quantitative estimate of drug-likeness (QED) is 0.357. The molecule has 0 spiro atoms. The second-order valence-corrected chi connectivity index (χ2v) is 9.05. The van der Waals surface area contributed by atoms with E-state index in [2.05, 4.69) is 12.5 Å². The van der Waals surface area contributed by atoms with Crippen LogP contribution in [0.4, 0.5) is 39.5 Å². The summed E-state index contributed by atoms with van der Waals surface area (Å²) >= 11 is 0. The van der Waals surface area contributed by atoms with Gasteiger partial charge in [-0.3, -0.25) is 4.79 Å². The van der Waals surface area contributed by atoms with E-state index in [0.717, 1.165) is 5.75 Å². The Morgan fingerprint density at radius 3 is 1.42 bits per heavy atom. The molecule has 15 heteroatoms. The zero-order valence-electron chi connectivity index (χ0n) is 13.6. The van der Waals surface area contributed by atoms with Crippen molar-refractivity contribution < 1.29 is 57.3 Å². The Morgan fingerprint density at radius 2 is 1.27 bits per heavy atom. The van der Waals surface area contributed by atoms with E-state index in [4.69, 9.17) is 0 Å². The maximum absolute atomic E-state index is 12.2. The first-order valence-corrected chi connectivity index (χ1v) is 9.88. The van der Waals surface area contributed by atoms with E-state index >= 15 is 0 Å². The molecular formula is C11H15F9O4S2. The molecule has 0 bridgehead atoms. The Hall–Kier alpha value is -0.700. The second kappa shape index (κ2) is 8.54. The molecule has 26 heavy (non-hydrogen) atoms. The molecule has 0 aromatic rings. The fourth-order valence-corrected chi connectivity index (χ4v) is 2.31. The molecule has 0 rings (SSSR count). The molecule has 0 aliphatic rings. The van der Waals surface area contributed by atoms with Crippen molar-refractivity contribution in [2.75, 3.05) is 18.3 Å². The lowest BCUT2D eigenvalue weighted by Crippen LogP contribution is -2.63. The average Bonchev–Trinajstić information content (AvgIpc) is 2.35. The van der Waals surface area contributed by atoms with Gasteiger partial charge in [0.1, 0.15) is 0 Å². The number of carbonyl (C=O) groups excluding carboxylic acids is 1. The van der Waals surface area contributed by atoms with Gasteiger partial charge in [0.15, 0.2) is 21.7 Å². The third-order valence-corrected chi connectivity index (χ3v) is 4.25. The molecule has 0 N–H and O–H groups in total. The van der Waals surface area contributed by atoms with Crippen molar-refractivity contribution in [3.63, 3.8) is 0 Å². The van der Waals surface area contributed by atoms with Gasteiger partial charge in [0.2, 0.25) is 0 Å². The minimum atomic E-state index is -7.43. The zero-order chi connectivity index (χ0) is 21.9. The number of rotatable bonds is 6. The number of carbonyl (C=O) groups is 1. The summed E-state index contributed by atoms with van der Waals surface area (Å²) in [5.41, 5.74) is 0. The van der Waals surface area contributed by atoms with Crippen LogP contribution in [0.2, 0.25) is 0 Å². The van der Waals surface area contributed by atoms with Crippen LogP contribution in [-0.2, 0) is 25.8 Å². The van der Waals surface area contributed by atoms with Gasteiger partial charge >= 0.3 is 23.3 Å². The van der Waals surface area contributed by atoms with E-state index in [1.165, 1.54) is 0 Å². The molecule has 0 saturated carbocycles. The van der Waals surface area contributed by atoms with Crippen LogP contribution >= 0.6 is 0 Å². The van der Waals surface area contributed by atoms with Crippen LogP contribution in [0.3, 0.4) is 0 Å². The van der Waals surface area contributed by atoms with Crippen LogP contribution in [-0.4, -0.2) is 60.3 Å². The van der Waals surface area contributed by atoms with Gasteiger partial charge in [-0.05, 0) is 10.9 Å². The third-order valence-electron chi connectivity index (χ3n) is 2.50. The van der Waals surface area contributed by atoms with E-state index in [1.54, 1.807) is 0 Å². The average molecular weight is 446 g/mol. The number of ketones is 1. The summed E-state index contributed by atoms with van der Waals surface area (Å²) in [5.74, 6) is -13.4. The summed E-state index contributed by atoms with van der Waals surface area (Å²) in [5, 5.41) is -7.11. The topological polar surface area (TPSA) is 74.3 Å². The maximum Gasteiger partial charge on any atom is 0.460 e. The molecular weight excluding hydrogens is 431 g/mol. The largest absolute Gasteiger partial charge is 0.743 e. The van der Waals surface area contributed by atoms with E-state index in [1.807, 2.05) is 13.8 Å². The van der Waals surface area contributed by atoms with Crippen LogP contribution in [0.25, 0.3) is 0 Å². The Labute approximate surface area is 146 Å². The fraction of sp³-hybridized carbons (Fsp3) is 0.909. The lowest BCUT2D eigenvalue weighted by molar-refractivity contribution is -0.382.